The third-order valence-corrected chi connectivity index (χ3v) is 4.61. The number of nitrogens with zero attached hydrogens (tertiary/aromatic N) is 1. The van der Waals surface area contributed by atoms with Crippen LogP contribution in [0.1, 0.15) is 16.6 Å². The van der Waals surface area contributed by atoms with E-state index in [1.807, 2.05) is 18.2 Å². The molecule has 25 heavy (non-hydrogen) atoms. The van der Waals surface area contributed by atoms with Crippen molar-refractivity contribution >= 4 is 23.5 Å². The summed E-state index contributed by atoms with van der Waals surface area (Å²) in [6.07, 6.45) is 0. The van der Waals surface area contributed by atoms with Crippen LogP contribution in [0.15, 0.2) is 64.0 Å². The van der Waals surface area contributed by atoms with Gasteiger partial charge in [-0.15, -0.1) is 11.8 Å². The summed E-state index contributed by atoms with van der Waals surface area (Å²) in [7, 11) is 0. The van der Waals surface area contributed by atoms with E-state index in [1.54, 1.807) is 25.1 Å². The van der Waals surface area contributed by atoms with E-state index in [-0.39, 0.29) is 5.91 Å². The third kappa shape index (κ3) is 4.24. The van der Waals surface area contributed by atoms with Crippen molar-refractivity contribution in [1.82, 2.24) is 5.16 Å². The predicted octanol–water partition coefficient (Wildman–Crippen LogP) is 4.73. The summed E-state index contributed by atoms with van der Waals surface area (Å²) in [6, 6.07) is 14.2. The van der Waals surface area contributed by atoms with E-state index in [2.05, 4.69) is 10.5 Å². The van der Waals surface area contributed by atoms with Gasteiger partial charge in [-0.2, -0.15) is 0 Å². The molecule has 0 aliphatic carbocycles. The minimum Gasteiger partial charge on any atom is -0.360 e. The second-order valence-electron chi connectivity index (χ2n) is 5.30. The van der Waals surface area contributed by atoms with Gasteiger partial charge in [0.2, 0.25) is 5.91 Å². The fourth-order valence-corrected chi connectivity index (χ4v) is 3.25. The van der Waals surface area contributed by atoms with Crippen LogP contribution in [0.2, 0.25) is 0 Å². The van der Waals surface area contributed by atoms with Crippen molar-refractivity contribution in [3.8, 4) is 0 Å². The highest BCUT2D eigenvalue weighted by Crippen LogP contribution is 2.36. The standard InChI is InChI=1S/C18H14F2N2O2S/c1-11-9-16(22-24-11)21-18(23)17(12-5-3-2-4-6-12)25-13-7-8-14(19)15(20)10-13/h2-10,17H,1H3,(H,21,22,23)/t17-/m0/s1. The minimum absolute atomic E-state index is 0.300. The Morgan fingerprint density at radius 2 is 1.88 bits per heavy atom. The second kappa shape index (κ2) is 7.48. The predicted molar refractivity (Wildman–Crippen MR) is 91.3 cm³/mol. The van der Waals surface area contributed by atoms with Gasteiger partial charge in [-0.3, -0.25) is 4.79 Å². The van der Waals surface area contributed by atoms with Crippen molar-refractivity contribution in [2.45, 2.75) is 17.1 Å². The van der Waals surface area contributed by atoms with Crippen LogP contribution >= 0.6 is 11.8 Å². The molecule has 0 radical (unpaired) electrons. The van der Waals surface area contributed by atoms with Gasteiger partial charge in [0.1, 0.15) is 11.0 Å². The summed E-state index contributed by atoms with van der Waals surface area (Å²) in [4.78, 5) is 13.1. The summed E-state index contributed by atoms with van der Waals surface area (Å²) in [5.41, 5.74) is 0.731. The van der Waals surface area contributed by atoms with Gasteiger partial charge < -0.3 is 9.84 Å². The van der Waals surface area contributed by atoms with Crippen molar-refractivity contribution in [2.24, 2.45) is 0 Å². The number of hydrogen-bond acceptors (Lipinski definition) is 4. The maximum atomic E-state index is 13.5. The Kier molecular flexibility index (Phi) is 5.14. The molecular weight excluding hydrogens is 346 g/mol. The molecule has 4 nitrogen and oxygen atoms in total. The summed E-state index contributed by atoms with van der Waals surface area (Å²) >= 11 is 1.12. The first-order valence-electron chi connectivity index (χ1n) is 7.44. The Labute approximate surface area is 147 Å². The van der Waals surface area contributed by atoms with Crippen LogP contribution in [-0.2, 0) is 4.79 Å². The summed E-state index contributed by atoms with van der Waals surface area (Å²) in [6.45, 7) is 1.72. The van der Waals surface area contributed by atoms with Gasteiger partial charge in [0, 0.05) is 11.0 Å². The molecule has 0 saturated carbocycles. The molecule has 1 heterocycles. The fourth-order valence-electron chi connectivity index (χ4n) is 2.20. The topological polar surface area (TPSA) is 55.1 Å². The van der Waals surface area contributed by atoms with Crippen LogP contribution in [0.25, 0.3) is 0 Å². The Bertz CT molecular complexity index is 884. The lowest BCUT2D eigenvalue weighted by atomic mass is 10.1. The molecule has 1 aromatic heterocycles. The normalized spacial score (nSPS) is 12.0. The first-order chi connectivity index (χ1) is 12.0. The Morgan fingerprint density at radius 3 is 2.52 bits per heavy atom. The van der Waals surface area contributed by atoms with E-state index in [0.717, 1.165) is 29.5 Å². The zero-order valence-corrected chi connectivity index (χ0v) is 14.0. The molecule has 0 fully saturated rings. The fraction of sp³-hybridized carbons (Fsp3) is 0.111. The molecule has 7 heteroatoms. The maximum absolute atomic E-state index is 13.5. The van der Waals surface area contributed by atoms with Crippen molar-refractivity contribution < 1.29 is 18.1 Å². The van der Waals surface area contributed by atoms with Gasteiger partial charge in [0.05, 0.1) is 0 Å². The van der Waals surface area contributed by atoms with Gasteiger partial charge in [0.25, 0.3) is 0 Å². The molecular formula is C18H14F2N2O2S. The zero-order valence-electron chi connectivity index (χ0n) is 13.2. The number of nitrogens with one attached hydrogen (secondary N) is 1. The SMILES string of the molecule is Cc1cc(NC(=O)[C@@H](Sc2ccc(F)c(F)c2)c2ccccc2)no1. The number of aryl methyl sites for hydroxylation is 1. The first-order valence-corrected chi connectivity index (χ1v) is 8.32. The van der Waals surface area contributed by atoms with Crippen LogP contribution in [-0.4, -0.2) is 11.1 Å². The molecule has 1 amide bonds. The number of amides is 1. The second-order valence-corrected chi connectivity index (χ2v) is 6.48. The van der Waals surface area contributed by atoms with Gasteiger partial charge in [0.15, 0.2) is 17.5 Å². The lowest BCUT2D eigenvalue weighted by Gasteiger charge is -2.16. The van der Waals surface area contributed by atoms with Crippen LogP contribution < -0.4 is 5.32 Å². The van der Waals surface area contributed by atoms with E-state index in [0.29, 0.717) is 16.5 Å². The third-order valence-electron chi connectivity index (χ3n) is 3.36. The lowest BCUT2D eigenvalue weighted by molar-refractivity contribution is -0.115. The largest absolute Gasteiger partial charge is 0.360 e. The number of aromatic nitrogens is 1. The first kappa shape index (κ1) is 17.2. The number of thioether (sulfide) groups is 1. The number of anilines is 1. The van der Waals surface area contributed by atoms with Crippen molar-refractivity contribution in [3.63, 3.8) is 0 Å². The van der Waals surface area contributed by atoms with E-state index in [9.17, 15) is 13.6 Å². The molecule has 3 rings (SSSR count). The Morgan fingerprint density at radius 1 is 1.12 bits per heavy atom. The minimum atomic E-state index is -0.954. The summed E-state index contributed by atoms with van der Waals surface area (Å²) in [5.74, 6) is -1.35. The number of carbonyl (C=O) groups is 1. The molecule has 0 aliphatic heterocycles. The van der Waals surface area contributed by atoms with Gasteiger partial charge >= 0.3 is 0 Å². The molecule has 3 aromatic rings. The molecule has 0 aliphatic rings. The smallest absolute Gasteiger partial charge is 0.243 e. The molecule has 0 spiro atoms. The molecule has 0 bridgehead atoms. The summed E-state index contributed by atoms with van der Waals surface area (Å²) in [5, 5.41) is 5.75. The highest BCUT2D eigenvalue weighted by molar-refractivity contribution is 8.00. The van der Waals surface area contributed by atoms with Gasteiger partial charge in [-0.1, -0.05) is 35.5 Å². The van der Waals surface area contributed by atoms with Gasteiger partial charge in [-0.25, -0.2) is 8.78 Å². The zero-order chi connectivity index (χ0) is 17.8. The highest BCUT2D eigenvalue weighted by Gasteiger charge is 2.23. The average molecular weight is 360 g/mol. The Hall–Kier alpha value is -2.67. The molecule has 2 aromatic carbocycles. The monoisotopic (exact) mass is 360 g/mol. The van der Waals surface area contributed by atoms with Crippen LogP contribution in [0.4, 0.5) is 14.6 Å². The van der Waals surface area contributed by atoms with Crippen LogP contribution in [0.3, 0.4) is 0 Å². The molecule has 0 unspecified atom stereocenters. The molecule has 128 valence electrons. The van der Waals surface area contributed by atoms with Crippen molar-refractivity contribution in [2.75, 3.05) is 5.32 Å². The molecule has 0 saturated heterocycles. The number of rotatable bonds is 5. The van der Waals surface area contributed by atoms with Crippen molar-refractivity contribution in [1.29, 1.82) is 0 Å². The van der Waals surface area contributed by atoms with Gasteiger partial charge in [-0.05, 0) is 30.7 Å². The number of halogens is 2. The van der Waals surface area contributed by atoms with Crippen LogP contribution in [0, 0.1) is 18.6 Å². The summed E-state index contributed by atoms with van der Waals surface area (Å²) < 4.78 is 31.5. The van der Waals surface area contributed by atoms with Crippen molar-refractivity contribution in [3.05, 3.63) is 77.6 Å². The number of benzene rings is 2. The quantitative estimate of drug-likeness (QED) is 0.668. The van der Waals surface area contributed by atoms with E-state index in [4.69, 9.17) is 4.52 Å². The van der Waals surface area contributed by atoms with E-state index < -0.39 is 16.9 Å². The number of hydrogen-bond donors (Lipinski definition) is 1. The van der Waals surface area contributed by atoms with Crippen LogP contribution in [0.5, 0.6) is 0 Å². The Balaban J connectivity index is 1.86. The van der Waals surface area contributed by atoms with E-state index >= 15 is 0 Å². The average Bonchev–Trinajstić information content (AvgIpc) is 3.01. The highest BCUT2D eigenvalue weighted by atomic mass is 32.2. The maximum Gasteiger partial charge on any atom is 0.243 e. The molecule has 1 atom stereocenters. The molecule has 1 N–H and O–H groups in total. The van der Waals surface area contributed by atoms with E-state index in [1.165, 1.54) is 6.07 Å². The number of carbonyl (C=O) groups excluding carboxylic acids is 1. The lowest BCUT2D eigenvalue weighted by Crippen LogP contribution is -2.19.